The number of ether oxygens (including phenoxy) is 1. The van der Waals surface area contributed by atoms with Gasteiger partial charge in [0.1, 0.15) is 5.60 Å². The molecule has 1 rings (SSSR count). The number of nitrogens with zero attached hydrogens (tertiary/aromatic N) is 2. The van der Waals surface area contributed by atoms with Crippen LogP contribution in [0.25, 0.3) is 6.08 Å². The zero-order valence-corrected chi connectivity index (χ0v) is 15.3. The summed E-state index contributed by atoms with van der Waals surface area (Å²) in [7, 11) is 3.72. The summed E-state index contributed by atoms with van der Waals surface area (Å²) < 4.78 is 5.32. The molecular formula is C19H28N2O3. The maximum atomic E-state index is 11.9. The number of aldehydes is 1. The Morgan fingerprint density at radius 2 is 1.75 bits per heavy atom. The van der Waals surface area contributed by atoms with Crippen molar-refractivity contribution in [1.29, 1.82) is 0 Å². The first kappa shape index (κ1) is 19.9. The summed E-state index contributed by atoms with van der Waals surface area (Å²) in [6.07, 6.45) is 4.50. The van der Waals surface area contributed by atoms with Gasteiger partial charge in [-0.05, 0) is 33.4 Å². The van der Waals surface area contributed by atoms with E-state index < -0.39 is 5.60 Å². The third-order valence-electron chi connectivity index (χ3n) is 3.36. The number of likely N-dealkylation sites (N-methyl/N-ethyl adjacent to an activating group) is 2. The molecule has 5 nitrogen and oxygen atoms in total. The van der Waals surface area contributed by atoms with Crippen molar-refractivity contribution in [2.75, 3.05) is 33.7 Å². The first-order valence-electron chi connectivity index (χ1n) is 8.06. The molecule has 132 valence electrons. The lowest BCUT2D eigenvalue weighted by molar-refractivity contribution is 0.0288. The molecule has 24 heavy (non-hydrogen) atoms. The quantitative estimate of drug-likeness (QED) is 0.719. The average molecular weight is 332 g/mol. The van der Waals surface area contributed by atoms with Crippen LogP contribution in [0.15, 0.2) is 30.3 Å². The highest BCUT2D eigenvalue weighted by Gasteiger charge is 2.19. The van der Waals surface area contributed by atoms with E-state index in [4.69, 9.17) is 4.74 Å². The van der Waals surface area contributed by atoms with Crippen LogP contribution in [-0.4, -0.2) is 61.5 Å². The Morgan fingerprint density at radius 3 is 2.33 bits per heavy atom. The van der Waals surface area contributed by atoms with Gasteiger partial charge in [-0.1, -0.05) is 36.4 Å². The van der Waals surface area contributed by atoms with Crippen molar-refractivity contribution in [2.24, 2.45) is 0 Å². The second-order valence-electron chi connectivity index (χ2n) is 6.81. The predicted octanol–water partition coefficient (Wildman–Crippen LogP) is 3.31. The number of carbonyl (C=O) groups is 2. The highest BCUT2D eigenvalue weighted by atomic mass is 16.6. The Labute approximate surface area is 144 Å². The van der Waals surface area contributed by atoms with E-state index in [9.17, 15) is 9.59 Å². The van der Waals surface area contributed by atoms with Gasteiger partial charge in [0, 0.05) is 32.2 Å². The van der Waals surface area contributed by atoms with E-state index in [-0.39, 0.29) is 6.09 Å². The van der Waals surface area contributed by atoms with Crippen LogP contribution in [0.1, 0.15) is 36.7 Å². The fraction of sp³-hybridized carbons (Fsp3) is 0.474. The van der Waals surface area contributed by atoms with Crippen LogP contribution in [0.2, 0.25) is 0 Å². The molecule has 0 heterocycles. The summed E-state index contributed by atoms with van der Waals surface area (Å²) in [5.41, 5.74) is 1.11. The molecule has 5 heteroatoms. The standard InChI is InChI=1S/C19H28N2O3/c1-19(2,3)24-18(23)21(5)14-13-20(4)12-8-11-16-9-6-7-10-17(16)15-22/h6-11,15H,12-14H2,1-5H3/b11-8-. The van der Waals surface area contributed by atoms with Gasteiger partial charge in [-0.3, -0.25) is 4.79 Å². The third kappa shape index (κ3) is 7.42. The lowest BCUT2D eigenvalue weighted by Crippen LogP contribution is -2.38. The first-order chi connectivity index (χ1) is 11.2. The summed E-state index contributed by atoms with van der Waals surface area (Å²) in [5, 5.41) is 0. The maximum absolute atomic E-state index is 11.9. The van der Waals surface area contributed by atoms with Gasteiger partial charge in [0.05, 0.1) is 0 Å². The predicted molar refractivity (Wildman–Crippen MR) is 97.2 cm³/mol. The first-order valence-corrected chi connectivity index (χ1v) is 8.06. The molecule has 0 aliphatic rings. The highest BCUT2D eigenvalue weighted by Crippen LogP contribution is 2.09. The van der Waals surface area contributed by atoms with Crippen molar-refractivity contribution in [3.8, 4) is 0 Å². The van der Waals surface area contributed by atoms with E-state index >= 15 is 0 Å². The monoisotopic (exact) mass is 332 g/mol. The fourth-order valence-corrected chi connectivity index (χ4v) is 1.97. The molecular weight excluding hydrogens is 304 g/mol. The molecule has 0 spiro atoms. The number of hydrogen-bond donors (Lipinski definition) is 0. The van der Waals surface area contributed by atoms with Crippen LogP contribution < -0.4 is 0 Å². The summed E-state index contributed by atoms with van der Waals surface area (Å²) in [6.45, 7) is 7.61. The van der Waals surface area contributed by atoms with Crippen LogP contribution in [0.4, 0.5) is 4.79 Å². The van der Waals surface area contributed by atoms with E-state index in [1.165, 1.54) is 0 Å². The molecule has 0 aromatic heterocycles. The van der Waals surface area contributed by atoms with Crippen molar-refractivity contribution < 1.29 is 14.3 Å². The average Bonchev–Trinajstić information content (AvgIpc) is 2.51. The normalized spacial score (nSPS) is 11.8. The lowest BCUT2D eigenvalue weighted by Gasteiger charge is -2.26. The van der Waals surface area contributed by atoms with Crippen molar-refractivity contribution >= 4 is 18.5 Å². The molecule has 0 radical (unpaired) electrons. The molecule has 1 aromatic rings. The molecule has 0 atom stereocenters. The summed E-state index contributed by atoms with van der Waals surface area (Å²) >= 11 is 0. The Kier molecular flexibility index (Phi) is 7.65. The molecule has 0 unspecified atom stereocenters. The topological polar surface area (TPSA) is 49.9 Å². The molecule has 1 amide bonds. The Balaban J connectivity index is 2.41. The van der Waals surface area contributed by atoms with Gasteiger partial charge in [0.25, 0.3) is 0 Å². The Morgan fingerprint density at radius 1 is 1.12 bits per heavy atom. The molecule has 0 aliphatic carbocycles. The van der Waals surface area contributed by atoms with Crippen LogP contribution in [0, 0.1) is 0 Å². The third-order valence-corrected chi connectivity index (χ3v) is 3.36. The van der Waals surface area contributed by atoms with Crippen molar-refractivity contribution in [3.63, 3.8) is 0 Å². The van der Waals surface area contributed by atoms with E-state index in [0.29, 0.717) is 12.1 Å². The van der Waals surface area contributed by atoms with E-state index in [1.54, 1.807) is 18.0 Å². The summed E-state index contributed by atoms with van der Waals surface area (Å²) in [4.78, 5) is 26.5. The smallest absolute Gasteiger partial charge is 0.410 e. The molecule has 0 N–H and O–H groups in total. The molecule has 0 fully saturated rings. The van der Waals surface area contributed by atoms with Crippen LogP contribution in [0.5, 0.6) is 0 Å². The molecule has 0 aliphatic heterocycles. The van der Waals surface area contributed by atoms with Crippen LogP contribution >= 0.6 is 0 Å². The second-order valence-corrected chi connectivity index (χ2v) is 6.81. The van der Waals surface area contributed by atoms with Gasteiger partial charge in [0.2, 0.25) is 0 Å². The van der Waals surface area contributed by atoms with E-state index in [1.807, 2.05) is 58.2 Å². The molecule has 0 bridgehead atoms. The van der Waals surface area contributed by atoms with Gasteiger partial charge in [-0.25, -0.2) is 4.79 Å². The number of amides is 1. The van der Waals surface area contributed by atoms with Gasteiger partial charge >= 0.3 is 6.09 Å². The zero-order valence-electron chi connectivity index (χ0n) is 15.3. The second kappa shape index (κ2) is 9.23. The number of carbonyl (C=O) groups excluding carboxylic acids is 2. The van der Waals surface area contributed by atoms with Gasteiger partial charge in [-0.15, -0.1) is 0 Å². The molecule has 1 aromatic carbocycles. The summed E-state index contributed by atoms with van der Waals surface area (Å²) in [5.74, 6) is 0. The minimum Gasteiger partial charge on any atom is -0.444 e. The Hall–Kier alpha value is -2.14. The van der Waals surface area contributed by atoms with E-state index in [0.717, 1.165) is 24.9 Å². The van der Waals surface area contributed by atoms with Gasteiger partial charge < -0.3 is 14.5 Å². The zero-order chi connectivity index (χ0) is 18.2. The van der Waals surface area contributed by atoms with Gasteiger partial charge in [-0.2, -0.15) is 0 Å². The van der Waals surface area contributed by atoms with Crippen molar-refractivity contribution in [3.05, 3.63) is 41.5 Å². The number of benzene rings is 1. The lowest BCUT2D eigenvalue weighted by atomic mass is 10.1. The minimum atomic E-state index is -0.480. The van der Waals surface area contributed by atoms with Crippen LogP contribution in [-0.2, 0) is 4.74 Å². The van der Waals surface area contributed by atoms with E-state index in [2.05, 4.69) is 4.90 Å². The number of rotatable bonds is 7. The highest BCUT2D eigenvalue weighted by molar-refractivity contribution is 5.81. The van der Waals surface area contributed by atoms with Crippen LogP contribution in [0.3, 0.4) is 0 Å². The van der Waals surface area contributed by atoms with Gasteiger partial charge in [0.15, 0.2) is 6.29 Å². The molecule has 0 saturated carbocycles. The summed E-state index contributed by atoms with van der Waals surface area (Å²) in [6, 6.07) is 7.47. The Bertz CT molecular complexity index is 576. The number of hydrogen-bond acceptors (Lipinski definition) is 4. The largest absolute Gasteiger partial charge is 0.444 e. The van der Waals surface area contributed by atoms with Crippen molar-refractivity contribution in [2.45, 2.75) is 26.4 Å². The molecule has 0 saturated heterocycles. The maximum Gasteiger partial charge on any atom is 0.410 e. The fourth-order valence-electron chi connectivity index (χ4n) is 1.97. The SMILES string of the molecule is CN(C/C=C\c1ccccc1C=O)CCN(C)C(=O)OC(C)(C)C. The minimum absolute atomic E-state index is 0.314. The van der Waals surface area contributed by atoms with Crippen molar-refractivity contribution in [1.82, 2.24) is 9.80 Å².